The Morgan fingerprint density at radius 1 is 1.17 bits per heavy atom. The van der Waals surface area contributed by atoms with Crippen LogP contribution in [0.5, 0.6) is 0 Å². The van der Waals surface area contributed by atoms with Crippen LogP contribution in [0, 0.1) is 0 Å². The number of aromatic nitrogens is 2. The molecule has 0 saturated carbocycles. The lowest BCUT2D eigenvalue weighted by molar-refractivity contribution is 0.601. The predicted molar refractivity (Wildman–Crippen MR) is 72.0 cm³/mol. The van der Waals surface area contributed by atoms with Gasteiger partial charge in [-0.15, -0.1) is 0 Å². The molecule has 2 rings (SSSR count). The summed E-state index contributed by atoms with van der Waals surface area (Å²) in [6.07, 6.45) is 2.96. The van der Waals surface area contributed by atoms with Gasteiger partial charge >= 0.3 is 0 Å². The molecule has 18 heavy (non-hydrogen) atoms. The van der Waals surface area contributed by atoms with E-state index in [0.29, 0.717) is 10.3 Å². The summed E-state index contributed by atoms with van der Waals surface area (Å²) in [5.41, 5.74) is 0.331. The van der Waals surface area contributed by atoms with E-state index in [0.717, 1.165) is 0 Å². The second-order valence-electron chi connectivity index (χ2n) is 3.24. The van der Waals surface area contributed by atoms with E-state index in [4.69, 9.17) is 11.6 Å². The molecule has 8 heteroatoms. The number of hydrogen-bond donors (Lipinski definition) is 1. The van der Waals surface area contributed by atoms with Crippen molar-refractivity contribution in [3.8, 4) is 0 Å². The number of nitrogens with zero attached hydrogens (tertiary/aromatic N) is 2. The van der Waals surface area contributed by atoms with E-state index < -0.39 is 10.0 Å². The molecule has 0 fully saturated rings. The van der Waals surface area contributed by atoms with Gasteiger partial charge in [-0.05, 0) is 40.2 Å². The maximum atomic E-state index is 12.1. The van der Waals surface area contributed by atoms with E-state index in [1.807, 2.05) is 0 Å². The smallest absolute Gasteiger partial charge is 0.265 e. The van der Waals surface area contributed by atoms with Crippen molar-refractivity contribution < 1.29 is 8.42 Å². The lowest BCUT2D eigenvalue weighted by atomic mass is 10.4. The first kappa shape index (κ1) is 13.3. The molecule has 0 aromatic carbocycles. The molecule has 0 radical (unpaired) electrons. The van der Waals surface area contributed by atoms with Crippen molar-refractivity contribution in [1.82, 2.24) is 9.97 Å². The van der Waals surface area contributed by atoms with E-state index in [9.17, 15) is 8.42 Å². The Labute approximate surface area is 117 Å². The van der Waals surface area contributed by atoms with Gasteiger partial charge in [0.2, 0.25) is 0 Å². The minimum absolute atomic E-state index is 0.0787. The van der Waals surface area contributed by atoms with Crippen molar-refractivity contribution in [2.24, 2.45) is 0 Å². The number of anilines is 1. The van der Waals surface area contributed by atoms with E-state index in [1.54, 1.807) is 18.3 Å². The molecule has 2 aromatic rings. The Morgan fingerprint density at radius 2 is 1.83 bits per heavy atom. The van der Waals surface area contributed by atoms with Crippen LogP contribution in [0.1, 0.15) is 0 Å². The van der Waals surface area contributed by atoms with Crippen LogP contribution < -0.4 is 4.72 Å². The molecule has 0 saturated heterocycles. The Balaban J connectivity index is 2.40. The average molecular weight is 349 g/mol. The minimum atomic E-state index is -3.78. The molecule has 0 aliphatic carbocycles. The van der Waals surface area contributed by atoms with Gasteiger partial charge in [0, 0.05) is 12.4 Å². The second-order valence-corrected chi connectivity index (χ2v) is 6.00. The monoisotopic (exact) mass is 347 g/mol. The summed E-state index contributed by atoms with van der Waals surface area (Å²) in [4.78, 5) is 7.57. The van der Waals surface area contributed by atoms with Crippen LogP contribution in [0.25, 0.3) is 0 Å². The molecule has 94 valence electrons. The van der Waals surface area contributed by atoms with Crippen LogP contribution >= 0.6 is 27.5 Å². The first-order chi connectivity index (χ1) is 8.50. The highest BCUT2D eigenvalue weighted by molar-refractivity contribution is 9.10. The highest BCUT2D eigenvalue weighted by Gasteiger charge is 2.19. The van der Waals surface area contributed by atoms with Crippen LogP contribution in [-0.4, -0.2) is 18.4 Å². The lowest BCUT2D eigenvalue weighted by Gasteiger charge is -2.09. The van der Waals surface area contributed by atoms with Gasteiger partial charge in [-0.3, -0.25) is 4.72 Å². The van der Waals surface area contributed by atoms with E-state index >= 15 is 0 Å². The average Bonchev–Trinajstić information content (AvgIpc) is 2.32. The fraction of sp³-hybridized carbons (Fsp3) is 0. The fourth-order valence-electron chi connectivity index (χ4n) is 1.23. The van der Waals surface area contributed by atoms with E-state index in [2.05, 4.69) is 30.6 Å². The summed E-state index contributed by atoms with van der Waals surface area (Å²) >= 11 is 8.91. The van der Waals surface area contributed by atoms with Gasteiger partial charge in [-0.25, -0.2) is 18.4 Å². The Morgan fingerprint density at radius 3 is 2.50 bits per heavy atom. The summed E-state index contributed by atoms with van der Waals surface area (Å²) in [7, 11) is -3.78. The molecule has 0 spiro atoms. The van der Waals surface area contributed by atoms with Gasteiger partial charge in [-0.1, -0.05) is 11.6 Å². The van der Waals surface area contributed by atoms with Gasteiger partial charge in [-0.2, -0.15) is 0 Å². The molecule has 0 bridgehead atoms. The molecule has 2 heterocycles. The molecule has 0 aliphatic heterocycles. The molecule has 2 aromatic heterocycles. The SMILES string of the molecule is O=S(=O)(Nc1cccnc1Br)c1cccnc1Cl. The van der Waals surface area contributed by atoms with Crippen molar-refractivity contribution in [1.29, 1.82) is 0 Å². The Kier molecular flexibility index (Phi) is 3.84. The lowest BCUT2D eigenvalue weighted by Crippen LogP contribution is -2.14. The third kappa shape index (κ3) is 2.80. The molecule has 1 N–H and O–H groups in total. The minimum Gasteiger partial charge on any atom is -0.277 e. The number of halogens is 2. The molecule has 0 atom stereocenters. The van der Waals surface area contributed by atoms with Crippen LogP contribution in [0.4, 0.5) is 5.69 Å². The zero-order valence-electron chi connectivity index (χ0n) is 8.84. The quantitative estimate of drug-likeness (QED) is 0.866. The van der Waals surface area contributed by atoms with Crippen LogP contribution in [0.3, 0.4) is 0 Å². The summed E-state index contributed by atoms with van der Waals surface area (Å²) < 4.78 is 27.0. The molecule has 0 amide bonds. The van der Waals surface area contributed by atoms with Gasteiger partial charge in [0.1, 0.15) is 14.7 Å². The number of sulfonamides is 1. The standard InChI is InChI=1S/C10H7BrClN3O2S/c11-9-7(3-1-5-13-9)15-18(16,17)8-4-2-6-14-10(8)12/h1-6,15H. The van der Waals surface area contributed by atoms with Crippen LogP contribution in [0.2, 0.25) is 5.15 Å². The van der Waals surface area contributed by atoms with Gasteiger partial charge in [0.05, 0.1) is 5.69 Å². The number of hydrogen-bond acceptors (Lipinski definition) is 4. The molecule has 0 unspecified atom stereocenters. The maximum Gasteiger partial charge on any atom is 0.265 e. The van der Waals surface area contributed by atoms with Crippen molar-refractivity contribution in [3.05, 3.63) is 46.4 Å². The zero-order valence-corrected chi connectivity index (χ0v) is 12.0. The topological polar surface area (TPSA) is 72.0 Å². The molecule has 0 aliphatic rings. The first-order valence-electron chi connectivity index (χ1n) is 4.74. The molecular formula is C10H7BrClN3O2S. The number of rotatable bonds is 3. The Bertz CT molecular complexity index is 678. The van der Waals surface area contributed by atoms with Crippen molar-refractivity contribution in [2.45, 2.75) is 4.90 Å². The van der Waals surface area contributed by atoms with Gasteiger partial charge in [0.15, 0.2) is 0 Å². The highest BCUT2D eigenvalue weighted by Crippen LogP contribution is 2.24. The molecule has 5 nitrogen and oxygen atoms in total. The molecular weight excluding hydrogens is 342 g/mol. The van der Waals surface area contributed by atoms with Crippen LogP contribution in [0.15, 0.2) is 46.2 Å². The highest BCUT2D eigenvalue weighted by atomic mass is 79.9. The number of pyridine rings is 2. The summed E-state index contributed by atoms with van der Waals surface area (Å²) in [5, 5.41) is -0.0787. The summed E-state index contributed by atoms with van der Waals surface area (Å²) in [6.45, 7) is 0. The number of nitrogens with one attached hydrogen (secondary N) is 1. The first-order valence-corrected chi connectivity index (χ1v) is 7.40. The third-order valence-electron chi connectivity index (χ3n) is 2.02. The van der Waals surface area contributed by atoms with Crippen molar-refractivity contribution >= 4 is 43.2 Å². The van der Waals surface area contributed by atoms with E-state index in [-0.39, 0.29) is 10.0 Å². The summed E-state index contributed by atoms with van der Waals surface area (Å²) in [5.74, 6) is 0. The summed E-state index contributed by atoms with van der Waals surface area (Å²) in [6, 6.07) is 6.08. The van der Waals surface area contributed by atoms with Crippen molar-refractivity contribution in [2.75, 3.05) is 4.72 Å². The largest absolute Gasteiger partial charge is 0.277 e. The third-order valence-corrected chi connectivity index (χ3v) is 4.46. The van der Waals surface area contributed by atoms with Crippen LogP contribution in [-0.2, 0) is 10.0 Å². The predicted octanol–water partition coefficient (Wildman–Crippen LogP) is 2.69. The van der Waals surface area contributed by atoms with Gasteiger partial charge in [0.25, 0.3) is 10.0 Å². The van der Waals surface area contributed by atoms with Gasteiger partial charge < -0.3 is 0 Å². The fourth-order valence-corrected chi connectivity index (χ4v) is 3.23. The van der Waals surface area contributed by atoms with Crippen molar-refractivity contribution in [3.63, 3.8) is 0 Å². The second kappa shape index (κ2) is 5.21. The zero-order chi connectivity index (χ0) is 13.2. The Hall–Kier alpha value is -1.18. The van der Waals surface area contributed by atoms with E-state index in [1.165, 1.54) is 18.3 Å². The maximum absolute atomic E-state index is 12.1. The normalized spacial score (nSPS) is 11.2.